The van der Waals surface area contributed by atoms with Crippen molar-refractivity contribution in [3.05, 3.63) is 12.4 Å². The highest BCUT2D eigenvalue weighted by Gasteiger charge is 1.96. The first kappa shape index (κ1) is 10.2. The van der Waals surface area contributed by atoms with Crippen LogP contribution in [0.4, 0.5) is 0 Å². The van der Waals surface area contributed by atoms with Gasteiger partial charge in [0.05, 0.1) is 11.5 Å². The fraction of sp³-hybridized carbons (Fsp3) is 0.571. The summed E-state index contributed by atoms with van der Waals surface area (Å²) in [7, 11) is 0. The van der Waals surface area contributed by atoms with Crippen molar-refractivity contribution in [2.45, 2.75) is 13.0 Å². The van der Waals surface area contributed by atoms with Gasteiger partial charge >= 0.3 is 0 Å². The molecule has 0 aliphatic carbocycles. The monoisotopic (exact) mass is 246 g/mol. The third kappa shape index (κ3) is 4.02. The van der Waals surface area contributed by atoms with Crippen molar-refractivity contribution in [3.8, 4) is 0 Å². The normalized spacial score (nSPS) is 9.92. The van der Waals surface area contributed by atoms with Crippen LogP contribution in [-0.4, -0.2) is 32.8 Å². The Morgan fingerprint density at radius 3 is 3.08 bits per heavy atom. The van der Waals surface area contributed by atoms with Crippen LogP contribution in [0.3, 0.4) is 0 Å². The van der Waals surface area contributed by atoms with Crippen molar-refractivity contribution in [2.24, 2.45) is 0 Å². The molecular formula is C7H11BrN4O. The van der Waals surface area contributed by atoms with E-state index in [9.17, 15) is 4.79 Å². The minimum atomic E-state index is 0.0126. The first-order valence-electron chi connectivity index (χ1n) is 3.99. The van der Waals surface area contributed by atoms with Crippen LogP contribution >= 0.6 is 15.9 Å². The van der Waals surface area contributed by atoms with Crippen LogP contribution in [0.2, 0.25) is 0 Å². The average Bonchev–Trinajstić information content (AvgIpc) is 2.64. The van der Waals surface area contributed by atoms with E-state index in [4.69, 9.17) is 0 Å². The molecule has 0 aliphatic rings. The molecule has 5 nitrogen and oxygen atoms in total. The smallest absolute Gasteiger partial charge is 0.230 e. The number of nitrogens with one attached hydrogen (secondary N) is 1. The molecule has 0 spiro atoms. The zero-order chi connectivity index (χ0) is 9.52. The molecule has 0 saturated carbocycles. The highest BCUT2D eigenvalue weighted by Crippen LogP contribution is 1.86. The van der Waals surface area contributed by atoms with Gasteiger partial charge in [0.1, 0.15) is 0 Å². The number of rotatable bonds is 5. The third-order valence-electron chi connectivity index (χ3n) is 1.48. The van der Waals surface area contributed by atoms with E-state index >= 15 is 0 Å². The Kier molecular flexibility index (Phi) is 4.45. The Morgan fingerprint density at radius 2 is 2.46 bits per heavy atom. The molecule has 0 bridgehead atoms. The summed E-state index contributed by atoms with van der Waals surface area (Å²) in [6, 6.07) is 0. The van der Waals surface area contributed by atoms with Crippen molar-refractivity contribution in [2.75, 3.05) is 11.9 Å². The van der Waals surface area contributed by atoms with E-state index in [1.54, 1.807) is 17.1 Å². The number of aryl methyl sites for hydroxylation is 1. The summed E-state index contributed by atoms with van der Waals surface area (Å²) >= 11 is 3.07. The van der Waals surface area contributed by atoms with Gasteiger partial charge in [0.25, 0.3) is 0 Å². The molecule has 1 heterocycles. The molecule has 6 heteroatoms. The molecule has 13 heavy (non-hydrogen) atoms. The minimum Gasteiger partial charge on any atom is -0.355 e. The van der Waals surface area contributed by atoms with E-state index < -0.39 is 0 Å². The highest BCUT2D eigenvalue weighted by molar-refractivity contribution is 9.09. The largest absolute Gasteiger partial charge is 0.355 e. The Hall–Kier alpha value is -0.910. The lowest BCUT2D eigenvalue weighted by atomic mass is 10.4. The highest BCUT2D eigenvalue weighted by atomic mass is 79.9. The topological polar surface area (TPSA) is 59.8 Å². The van der Waals surface area contributed by atoms with Crippen molar-refractivity contribution < 1.29 is 4.79 Å². The van der Waals surface area contributed by atoms with Gasteiger partial charge in [0.15, 0.2) is 0 Å². The number of carbonyl (C=O) groups excluding carboxylic acids is 1. The molecule has 0 atom stereocenters. The zero-order valence-electron chi connectivity index (χ0n) is 7.11. The van der Waals surface area contributed by atoms with Gasteiger partial charge in [-0.2, -0.15) is 0 Å². The number of hydrogen-bond donors (Lipinski definition) is 1. The van der Waals surface area contributed by atoms with Gasteiger partial charge in [-0.1, -0.05) is 21.1 Å². The third-order valence-corrected chi connectivity index (χ3v) is 1.99. The van der Waals surface area contributed by atoms with Crippen LogP contribution in [-0.2, 0) is 11.3 Å². The van der Waals surface area contributed by atoms with Crippen LogP contribution in [0, 0.1) is 0 Å². The summed E-state index contributed by atoms with van der Waals surface area (Å²) < 4.78 is 1.74. The van der Waals surface area contributed by atoms with Crippen molar-refractivity contribution in [1.29, 1.82) is 0 Å². The number of hydrogen-bond acceptors (Lipinski definition) is 3. The Balaban J connectivity index is 2.05. The number of nitrogens with zero attached hydrogens (tertiary/aromatic N) is 3. The van der Waals surface area contributed by atoms with Crippen LogP contribution in [0.15, 0.2) is 12.4 Å². The predicted octanol–water partition coefficient (Wildman–Crippen LogP) is 0.179. The first-order chi connectivity index (χ1) is 6.33. The molecule has 0 aromatic carbocycles. The second-order valence-electron chi connectivity index (χ2n) is 2.50. The van der Waals surface area contributed by atoms with Gasteiger partial charge in [-0.3, -0.25) is 9.48 Å². The second-order valence-corrected chi connectivity index (χ2v) is 3.06. The fourth-order valence-electron chi connectivity index (χ4n) is 0.868. The Labute approximate surface area is 84.6 Å². The number of carbonyl (C=O) groups is 1. The van der Waals surface area contributed by atoms with Gasteiger partial charge in [0, 0.05) is 19.3 Å². The molecule has 0 radical (unpaired) electrons. The maximum absolute atomic E-state index is 10.8. The van der Waals surface area contributed by atoms with Gasteiger partial charge in [-0.25, -0.2) is 0 Å². The van der Waals surface area contributed by atoms with E-state index in [0.717, 1.165) is 13.0 Å². The molecule has 1 N–H and O–H groups in total. The lowest BCUT2D eigenvalue weighted by Crippen LogP contribution is -2.26. The molecule has 1 aromatic heterocycles. The number of alkyl halides is 1. The lowest BCUT2D eigenvalue weighted by Gasteiger charge is -2.02. The summed E-state index contributed by atoms with van der Waals surface area (Å²) in [5.41, 5.74) is 0. The summed E-state index contributed by atoms with van der Waals surface area (Å²) in [6.45, 7) is 1.45. The Bertz CT molecular complexity index is 249. The molecule has 0 saturated heterocycles. The molecule has 0 fully saturated rings. The van der Waals surface area contributed by atoms with E-state index in [0.29, 0.717) is 11.9 Å². The van der Waals surface area contributed by atoms with E-state index in [1.807, 2.05) is 0 Å². The molecular weight excluding hydrogens is 236 g/mol. The molecule has 1 aromatic rings. The van der Waals surface area contributed by atoms with Crippen LogP contribution in [0.25, 0.3) is 0 Å². The van der Waals surface area contributed by atoms with E-state index in [2.05, 4.69) is 31.6 Å². The SMILES string of the molecule is O=C(CBr)NCCCn1ccnn1. The fourth-order valence-corrected chi connectivity index (χ4v) is 1.07. The Morgan fingerprint density at radius 1 is 1.62 bits per heavy atom. The van der Waals surface area contributed by atoms with Gasteiger partial charge < -0.3 is 5.32 Å². The molecule has 0 unspecified atom stereocenters. The zero-order valence-corrected chi connectivity index (χ0v) is 8.70. The van der Waals surface area contributed by atoms with Crippen LogP contribution in [0.5, 0.6) is 0 Å². The van der Waals surface area contributed by atoms with E-state index in [1.165, 1.54) is 0 Å². The van der Waals surface area contributed by atoms with Crippen molar-refractivity contribution in [1.82, 2.24) is 20.3 Å². The van der Waals surface area contributed by atoms with Crippen molar-refractivity contribution in [3.63, 3.8) is 0 Å². The average molecular weight is 247 g/mol. The van der Waals surface area contributed by atoms with Gasteiger partial charge in [-0.15, -0.1) is 5.10 Å². The molecule has 1 amide bonds. The van der Waals surface area contributed by atoms with Crippen molar-refractivity contribution >= 4 is 21.8 Å². The summed E-state index contributed by atoms with van der Waals surface area (Å²) in [5, 5.41) is 10.6. The maximum Gasteiger partial charge on any atom is 0.230 e. The summed E-state index contributed by atoms with van der Waals surface area (Å²) in [4.78, 5) is 10.8. The number of halogens is 1. The quantitative estimate of drug-likeness (QED) is 0.596. The van der Waals surface area contributed by atoms with Gasteiger partial charge in [-0.05, 0) is 6.42 Å². The summed E-state index contributed by atoms with van der Waals surface area (Å²) in [5.74, 6) is 0.0126. The second kappa shape index (κ2) is 5.69. The first-order valence-corrected chi connectivity index (χ1v) is 5.12. The standard InChI is InChI=1S/C7H11BrN4O/c8-6-7(13)9-2-1-4-12-5-3-10-11-12/h3,5H,1-2,4,6H2,(H,9,13). The van der Waals surface area contributed by atoms with Crippen LogP contribution in [0.1, 0.15) is 6.42 Å². The number of amides is 1. The molecule has 0 aliphatic heterocycles. The van der Waals surface area contributed by atoms with E-state index in [-0.39, 0.29) is 5.91 Å². The molecule has 1 rings (SSSR count). The predicted molar refractivity (Wildman–Crippen MR) is 51.4 cm³/mol. The van der Waals surface area contributed by atoms with Gasteiger partial charge in [0.2, 0.25) is 5.91 Å². The minimum absolute atomic E-state index is 0.0126. The maximum atomic E-state index is 10.8. The molecule has 72 valence electrons. The van der Waals surface area contributed by atoms with Crippen LogP contribution < -0.4 is 5.32 Å². The number of aromatic nitrogens is 3. The summed E-state index contributed by atoms with van der Waals surface area (Å²) in [6.07, 6.45) is 4.30. The lowest BCUT2D eigenvalue weighted by molar-refractivity contribution is -0.118.